The van der Waals surface area contributed by atoms with Crippen molar-refractivity contribution in [1.29, 1.82) is 0 Å². The minimum absolute atomic E-state index is 0.126. The number of hydrogen-bond acceptors (Lipinski definition) is 6. The molecule has 0 spiro atoms. The second kappa shape index (κ2) is 5.05. The average Bonchev–Trinajstić information content (AvgIpc) is 2.27. The van der Waals surface area contributed by atoms with Gasteiger partial charge in [0.1, 0.15) is 18.5 Å². The summed E-state index contributed by atoms with van der Waals surface area (Å²) in [4.78, 5) is 17.5. The Morgan fingerprint density at radius 2 is 2.18 bits per heavy atom. The van der Waals surface area contributed by atoms with Gasteiger partial charge in [-0.25, -0.2) is 0 Å². The lowest BCUT2D eigenvalue weighted by Crippen LogP contribution is -2.38. The lowest BCUT2D eigenvalue weighted by Gasteiger charge is -2.34. The van der Waals surface area contributed by atoms with Gasteiger partial charge in [0.05, 0.1) is 4.92 Å². The van der Waals surface area contributed by atoms with Crippen molar-refractivity contribution in [3.8, 4) is 6.01 Å². The van der Waals surface area contributed by atoms with Crippen molar-refractivity contribution in [2.75, 3.05) is 13.6 Å². The van der Waals surface area contributed by atoms with Crippen molar-refractivity contribution in [2.45, 2.75) is 18.9 Å². The number of nitro groups is 1. The highest BCUT2D eigenvalue weighted by atomic mass is 16.6. The number of nitrogens with one attached hydrogen (secondary N) is 1. The predicted molar refractivity (Wildman–Crippen MR) is 59.8 cm³/mol. The summed E-state index contributed by atoms with van der Waals surface area (Å²) >= 11 is 0. The topological polar surface area (TPSA) is 90.2 Å². The molecule has 1 fully saturated rings. The summed E-state index contributed by atoms with van der Waals surface area (Å²) in [5, 5.41) is 13.5. The summed E-state index contributed by atoms with van der Waals surface area (Å²) < 4.78 is 5.49. The van der Waals surface area contributed by atoms with Gasteiger partial charge in [-0.3, -0.25) is 10.1 Å². The van der Waals surface area contributed by atoms with Gasteiger partial charge in [0.15, 0.2) is 0 Å². The Kier molecular flexibility index (Phi) is 3.48. The first-order chi connectivity index (χ1) is 8.19. The van der Waals surface area contributed by atoms with Crippen LogP contribution in [0.3, 0.4) is 0 Å². The number of nitrogens with zero attached hydrogens (tertiary/aromatic N) is 3. The van der Waals surface area contributed by atoms with E-state index < -0.39 is 4.92 Å². The molecule has 92 valence electrons. The molecule has 7 nitrogen and oxygen atoms in total. The van der Waals surface area contributed by atoms with Crippen LogP contribution in [0, 0.1) is 16.0 Å². The number of hydrogen-bond donors (Lipinski definition) is 1. The van der Waals surface area contributed by atoms with E-state index in [4.69, 9.17) is 4.74 Å². The van der Waals surface area contributed by atoms with Crippen molar-refractivity contribution in [1.82, 2.24) is 15.3 Å². The van der Waals surface area contributed by atoms with Gasteiger partial charge >= 0.3 is 11.7 Å². The molecule has 0 radical (unpaired) electrons. The fraction of sp³-hybridized carbons (Fsp3) is 0.600. The predicted octanol–water partition coefficient (Wildman–Crippen LogP) is 0.762. The molecular weight excluding hydrogens is 224 g/mol. The zero-order valence-electron chi connectivity index (χ0n) is 9.50. The van der Waals surface area contributed by atoms with E-state index in [0.717, 1.165) is 31.8 Å². The normalized spacial score (nSPS) is 22.9. The third kappa shape index (κ3) is 2.88. The van der Waals surface area contributed by atoms with Gasteiger partial charge in [-0.1, -0.05) is 0 Å². The highest BCUT2D eigenvalue weighted by Crippen LogP contribution is 2.29. The molecule has 0 amide bonds. The van der Waals surface area contributed by atoms with E-state index in [0.29, 0.717) is 5.92 Å². The third-order valence-electron chi connectivity index (χ3n) is 2.78. The van der Waals surface area contributed by atoms with Crippen molar-refractivity contribution in [3.63, 3.8) is 0 Å². The fourth-order valence-electron chi connectivity index (χ4n) is 1.84. The summed E-state index contributed by atoms with van der Waals surface area (Å²) in [6.07, 6.45) is 4.40. The molecular formula is C10H14N4O3. The van der Waals surface area contributed by atoms with E-state index >= 15 is 0 Å². The number of ether oxygens (including phenoxy) is 1. The van der Waals surface area contributed by atoms with E-state index in [2.05, 4.69) is 15.3 Å². The lowest BCUT2D eigenvalue weighted by atomic mass is 9.82. The molecule has 1 heterocycles. The SMILES string of the molecule is CNCC1CC(Oc2ncc([N+](=O)[O-])cn2)C1. The first kappa shape index (κ1) is 11.7. The molecule has 0 bridgehead atoms. The Hall–Kier alpha value is -1.76. The Morgan fingerprint density at radius 3 is 2.71 bits per heavy atom. The van der Waals surface area contributed by atoms with Crippen LogP contribution < -0.4 is 10.1 Å². The summed E-state index contributed by atoms with van der Waals surface area (Å²) in [5.41, 5.74) is -0.126. The second-order valence-electron chi connectivity index (χ2n) is 4.12. The third-order valence-corrected chi connectivity index (χ3v) is 2.78. The summed E-state index contributed by atoms with van der Waals surface area (Å²) in [7, 11) is 1.92. The molecule has 1 N–H and O–H groups in total. The van der Waals surface area contributed by atoms with E-state index in [9.17, 15) is 10.1 Å². The van der Waals surface area contributed by atoms with Crippen LogP contribution in [0.15, 0.2) is 12.4 Å². The maximum Gasteiger partial charge on any atom is 0.317 e. The first-order valence-corrected chi connectivity index (χ1v) is 5.46. The molecule has 0 aromatic carbocycles. The quantitative estimate of drug-likeness (QED) is 0.601. The fourth-order valence-corrected chi connectivity index (χ4v) is 1.84. The van der Waals surface area contributed by atoms with Crippen LogP contribution in [-0.2, 0) is 0 Å². The highest BCUT2D eigenvalue weighted by Gasteiger charge is 2.30. The summed E-state index contributed by atoms with van der Waals surface area (Å²) in [6, 6.07) is 0.212. The molecule has 1 aliphatic carbocycles. The van der Waals surface area contributed by atoms with Gasteiger partial charge in [-0.15, -0.1) is 0 Å². The van der Waals surface area contributed by atoms with Gasteiger partial charge in [0.25, 0.3) is 0 Å². The molecule has 0 aliphatic heterocycles. The smallest absolute Gasteiger partial charge is 0.317 e. The number of aromatic nitrogens is 2. The van der Waals surface area contributed by atoms with Crippen molar-refractivity contribution in [3.05, 3.63) is 22.5 Å². The Balaban J connectivity index is 1.82. The van der Waals surface area contributed by atoms with Crippen LogP contribution in [0.5, 0.6) is 6.01 Å². The van der Waals surface area contributed by atoms with Crippen LogP contribution in [0.1, 0.15) is 12.8 Å². The number of rotatable bonds is 5. The Bertz CT molecular complexity index is 389. The average molecular weight is 238 g/mol. The van der Waals surface area contributed by atoms with Crippen LogP contribution >= 0.6 is 0 Å². The molecule has 0 saturated heterocycles. The monoisotopic (exact) mass is 238 g/mol. The molecule has 2 rings (SSSR count). The van der Waals surface area contributed by atoms with Gasteiger partial charge in [0.2, 0.25) is 0 Å². The van der Waals surface area contributed by atoms with E-state index in [1.165, 1.54) is 0 Å². The molecule has 1 saturated carbocycles. The molecule has 7 heteroatoms. The molecule has 1 aliphatic rings. The van der Waals surface area contributed by atoms with E-state index in [1.54, 1.807) is 0 Å². The molecule has 1 aromatic rings. The zero-order chi connectivity index (χ0) is 12.3. The van der Waals surface area contributed by atoms with Crippen molar-refractivity contribution >= 4 is 5.69 Å². The first-order valence-electron chi connectivity index (χ1n) is 5.46. The van der Waals surface area contributed by atoms with Crippen LogP contribution in [0.4, 0.5) is 5.69 Å². The van der Waals surface area contributed by atoms with E-state index in [1.807, 2.05) is 7.05 Å². The van der Waals surface area contributed by atoms with Gasteiger partial charge in [-0.2, -0.15) is 9.97 Å². The minimum atomic E-state index is -0.532. The highest BCUT2D eigenvalue weighted by molar-refractivity contribution is 5.22. The van der Waals surface area contributed by atoms with Crippen molar-refractivity contribution < 1.29 is 9.66 Å². The molecule has 1 aromatic heterocycles. The summed E-state index contributed by atoms with van der Waals surface area (Å²) in [5.74, 6) is 0.642. The van der Waals surface area contributed by atoms with Crippen LogP contribution in [0.25, 0.3) is 0 Å². The largest absolute Gasteiger partial charge is 0.460 e. The Labute approximate surface area is 98.4 Å². The zero-order valence-corrected chi connectivity index (χ0v) is 9.50. The molecule has 0 unspecified atom stereocenters. The van der Waals surface area contributed by atoms with Crippen LogP contribution in [0.2, 0.25) is 0 Å². The summed E-state index contributed by atoms with van der Waals surface area (Å²) in [6.45, 7) is 0.987. The molecule has 17 heavy (non-hydrogen) atoms. The standard InChI is InChI=1S/C10H14N4O3/c1-11-4-7-2-9(3-7)17-10-12-5-8(6-13-10)14(15)16/h5-7,9,11H,2-4H2,1H3. The van der Waals surface area contributed by atoms with E-state index in [-0.39, 0.29) is 17.8 Å². The van der Waals surface area contributed by atoms with Crippen LogP contribution in [-0.4, -0.2) is 34.6 Å². The lowest BCUT2D eigenvalue weighted by molar-refractivity contribution is -0.385. The van der Waals surface area contributed by atoms with Gasteiger partial charge < -0.3 is 10.1 Å². The minimum Gasteiger partial charge on any atom is -0.460 e. The van der Waals surface area contributed by atoms with Crippen molar-refractivity contribution in [2.24, 2.45) is 5.92 Å². The second-order valence-corrected chi connectivity index (χ2v) is 4.12. The van der Waals surface area contributed by atoms with Gasteiger partial charge in [-0.05, 0) is 32.4 Å². The maximum atomic E-state index is 10.4. The van der Waals surface area contributed by atoms with Gasteiger partial charge in [0, 0.05) is 0 Å². The molecule has 0 atom stereocenters. The Morgan fingerprint density at radius 1 is 1.53 bits per heavy atom. The maximum absolute atomic E-state index is 10.4.